The fourth-order valence-corrected chi connectivity index (χ4v) is 6.18. The van der Waals surface area contributed by atoms with Crippen LogP contribution in [0.2, 0.25) is 0 Å². The van der Waals surface area contributed by atoms with Crippen molar-refractivity contribution in [3.8, 4) is 11.3 Å². The summed E-state index contributed by atoms with van der Waals surface area (Å²) in [5, 5.41) is 21.9. The number of fused-ring (bicyclic) bond motifs is 1. The highest BCUT2D eigenvalue weighted by Gasteiger charge is 2.38. The molecule has 1 aliphatic carbocycles. The van der Waals surface area contributed by atoms with Gasteiger partial charge in [0.2, 0.25) is 10.0 Å². The Labute approximate surface area is 245 Å². The highest BCUT2D eigenvalue weighted by molar-refractivity contribution is 7.92. The maximum Gasteiger partial charge on any atom is 0.489 e. The first-order chi connectivity index (χ1) is 20.2. The van der Waals surface area contributed by atoms with Gasteiger partial charge in [0.25, 0.3) is 5.91 Å². The lowest BCUT2D eigenvalue weighted by molar-refractivity contribution is -0.136. The summed E-state index contributed by atoms with van der Waals surface area (Å²) in [4.78, 5) is 13.0. The minimum absolute atomic E-state index is 0.0342. The molecule has 1 amide bonds. The third-order valence-corrected chi connectivity index (χ3v) is 9.14. The first-order valence-corrected chi connectivity index (χ1v) is 15.0. The van der Waals surface area contributed by atoms with Crippen molar-refractivity contribution in [2.45, 2.75) is 38.4 Å². The molecule has 0 bridgehead atoms. The van der Waals surface area contributed by atoms with Crippen LogP contribution >= 0.6 is 0 Å². The number of alkyl halides is 3. The largest absolute Gasteiger partial charge is 0.489 e. The second kappa shape index (κ2) is 11.3. The summed E-state index contributed by atoms with van der Waals surface area (Å²) in [5.74, 6) is -1.25. The van der Waals surface area contributed by atoms with E-state index < -0.39 is 52.6 Å². The smallest absolute Gasteiger partial charge is 0.455 e. The van der Waals surface area contributed by atoms with Gasteiger partial charge in [-0.3, -0.25) is 9.10 Å². The molecule has 0 unspecified atom stereocenters. The average molecular weight is 618 g/mol. The van der Waals surface area contributed by atoms with Crippen LogP contribution in [0.5, 0.6) is 0 Å². The summed E-state index contributed by atoms with van der Waals surface area (Å²) in [5.41, 5.74) is -0.565. The Morgan fingerprint density at radius 2 is 1.77 bits per heavy atom. The van der Waals surface area contributed by atoms with Crippen LogP contribution in [-0.4, -0.2) is 44.3 Å². The number of halogens is 4. The number of hydrogen-bond acceptors (Lipinski definition) is 6. The van der Waals surface area contributed by atoms with E-state index in [0.29, 0.717) is 22.6 Å². The van der Waals surface area contributed by atoms with Crippen molar-refractivity contribution >= 4 is 45.2 Å². The highest BCUT2D eigenvalue weighted by Crippen LogP contribution is 2.48. The molecule has 8 nitrogen and oxygen atoms in total. The Balaban J connectivity index is 1.71. The van der Waals surface area contributed by atoms with Gasteiger partial charge >= 0.3 is 13.3 Å². The molecule has 3 aromatic carbocycles. The molecule has 14 heteroatoms. The first-order valence-electron chi connectivity index (χ1n) is 13.4. The molecule has 0 spiro atoms. The summed E-state index contributed by atoms with van der Waals surface area (Å²) in [6.45, 7) is 0.924. The number of nitrogens with one attached hydrogen (secondary N) is 1. The zero-order chi connectivity index (χ0) is 31.3. The van der Waals surface area contributed by atoms with Gasteiger partial charge in [-0.15, -0.1) is 0 Å². The second-order valence-electron chi connectivity index (χ2n) is 10.3. The Morgan fingerprint density at radius 3 is 2.33 bits per heavy atom. The number of furan rings is 1. The molecule has 5 rings (SSSR count). The lowest BCUT2D eigenvalue weighted by atomic mass is 9.76. The van der Waals surface area contributed by atoms with E-state index in [-0.39, 0.29) is 39.8 Å². The molecule has 43 heavy (non-hydrogen) atoms. The summed E-state index contributed by atoms with van der Waals surface area (Å²) in [6, 6.07) is 11.3. The molecule has 1 heterocycles. The lowest BCUT2D eigenvalue weighted by Gasteiger charge is -2.27. The number of anilines is 1. The van der Waals surface area contributed by atoms with Crippen molar-refractivity contribution in [1.29, 1.82) is 0 Å². The van der Waals surface area contributed by atoms with Gasteiger partial charge in [-0.05, 0) is 78.7 Å². The number of nitrogens with zero attached hydrogens (tertiary/aromatic N) is 1. The monoisotopic (exact) mass is 618 g/mol. The molecule has 3 N–H and O–H groups in total. The van der Waals surface area contributed by atoms with Crippen molar-refractivity contribution in [2.75, 3.05) is 17.1 Å². The maximum absolute atomic E-state index is 13.8. The predicted molar refractivity (Wildman–Crippen MR) is 154 cm³/mol. The van der Waals surface area contributed by atoms with Crippen LogP contribution in [0.4, 0.5) is 23.2 Å². The Morgan fingerprint density at radius 1 is 1.09 bits per heavy atom. The van der Waals surface area contributed by atoms with E-state index in [1.54, 1.807) is 6.07 Å². The fourth-order valence-electron chi connectivity index (χ4n) is 5.07. The van der Waals surface area contributed by atoms with E-state index in [4.69, 9.17) is 4.42 Å². The molecule has 0 aliphatic heterocycles. The minimum Gasteiger partial charge on any atom is -0.455 e. The summed E-state index contributed by atoms with van der Waals surface area (Å²) in [7, 11) is -5.01. The van der Waals surface area contributed by atoms with E-state index in [0.717, 1.165) is 23.2 Å². The molecule has 4 aromatic rings. The molecular formula is C29H27BF4N2O6S. The molecule has 0 saturated heterocycles. The highest BCUT2D eigenvalue weighted by atomic mass is 32.2. The zero-order valence-electron chi connectivity index (χ0n) is 23.1. The SMILES string of the molecule is CCS(=O)(=O)N(Cc1ccc(B(O)O)c(C(F)(F)F)c1)c1cc2oc(-c3ccc(F)cc3)c(C(=O)NC)c2cc1C1CC1. The van der Waals surface area contributed by atoms with Crippen LogP contribution in [0.3, 0.4) is 0 Å². The van der Waals surface area contributed by atoms with Crippen molar-refractivity contribution in [3.63, 3.8) is 0 Å². The number of benzene rings is 3. The van der Waals surface area contributed by atoms with Gasteiger partial charge in [-0.25, -0.2) is 12.8 Å². The number of carbonyl (C=O) groups is 1. The van der Waals surface area contributed by atoms with E-state index in [9.17, 15) is 40.8 Å². The van der Waals surface area contributed by atoms with E-state index >= 15 is 0 Å². The van der Waals surface area contributed by atoms with Crippen LogP contribution in [0.15, 0.2) is 59.0 Å². The topological polar surface area (TPSA) is 120 Å². The average Bonchev–Trinajstić information content (AvgIpc) is 3.74. The number of carbonyl (C=O) groups excluding carboxylic acids is 1. The lowest BCUT2D eigenvalue weighted by Crippen LogP contribution is -2.37. The number of amides is 1. The van der Waals surface area contributed by atoms with Gasteiger partial charge in [0.1, 0.15) is 17.2 Å². The molecular weight excluding hydrogens is 591 g/mol. The first kappa shape index (κ1) is 30.6. The second-order valence-corrected chi connectivity index (χ2v) is 12.5. The Hall–Kier alpha value is -3.88. The van der Waals surface area contributed by atoms with Gasteiger partial charge in [-0.2, -0.15) is 13.2 Å². The van der Waals surface area contributed by atoms with Crippen LogP contribution in [0, 0.1) is 5.82 Å². The van der Waals surface area contributed by atoms with Gasteiger partial charge in [0.15, 0.2) is 0 Å². The molecule has 1 aromatic heterocycles. The third kappa shape index (κ3) is 5.99. The predicted octanol–water partition coefficient (Wildman–Crippen LogP) is 4.53. The summed E-state index contributed by atoms with van der Waals surface area (Å²) < 4.78 is 89.0. The molecule has 1 saturated carbocycles. The zero-order valence-corrected chi connectivity index (χ0v) is 23.9. The number of sulfonamides is 1. The van der Waals surface area contributed by atoms with Gasteiger partial charge in [0.05, 0.1) is 29.1 Å². The quantitative estimate of drug-likeness (QED) is 0.187. The van der Waals surface area contributed by atoms with Crippen molar-refractivity contribution in [1.82, 2.24) is 5.32 Å². The maximum atomic E-state index is 13.8. The number of hydrogen-bond donors (Lipinski definition) is 3. The molecule has 0 atom stereocenters. The van der Waals surface area contributed by atoms with Crippen LogP contribution in [-0.2, 0) is 22.7 Å². The minimum atomic E-state index is -4.93. The van der Waals surface area contributed by atoms with Gasteiger partial charge in [-0.1, -0.05) is 12.1 Å². The fraction of sp³-hybridized carbons (Fsp3) is 0.276. The summed E-state index contributed by atoms with van der Waals surface area (Å²) in [6.07, 6.45) is -3.46. The third-order valence-electron chi connectivity index (χ3n) is 7.41. The standard InChI is InChI=1S/C29H27BF4N2O6S/c1-3-43(40,41)36(15-16-4-11-23(30(38)39)22(12-16)29(32,33)34)24-14-25-21(13-20(24)17-5-6-17)26(28(37)35-2)27(42-25)18-7-9-19(31)10-8-18/h4,7-14,17,38-39H,3,5-6,15H2,1-2H3,(H,35,37). The molecule has 1 aliphatic rings. The normalized spacial score (nSPS) is 13.8. The van der Waals surface area contributed by atoms with Crippen LogP contribution in [0.25, 0.3) is 22.3 Å². The molecule has 226 valence electrons. The van der Waals surface area contributed by atoms with Gasteiger partial charge < -0.3 is 19.8 Å². The molecule has 0 radical (unpaired) electrons. The van der Waals surface area contributed by atoms with E-state index in [1.165, 1.54) is 50.4 Å². The van der Waals surface area contributed by atoms with Crippen LogP contribution < -0.4 is 15.1 Å². The van der Waals surface area contributed by atoms with E-state index in [2.05, 4.69) is 5.32 Å². The number of rotatable bonds is 9. The molecule has 1 fully saturated rings. The van der Waals surface area contributed by atoms with Crippen molar-refractivity contribution in [3.05, 3.63) is 82.7 Å². The van der Waals surface area contributed by atoms with E-state index in [1.807, 2.05) is 0 Å². The van der Waals surface area contributed by atoms with Gasteiger partial charge in [0, 0.05) is 24.1 Å². The Kier molecular flexibility index (Phi) is 8.05. The van der Waals surface area contributed by atoms with Crippen LogP contribution in [0.1, 0.15) is 52.7 Å². The van der Waals surface area contributed by atoms with Crippen molar-refractivity contribution in [2.24, 2.45) is 0 Å². The summed E-state index contributed by atoms with van der Waals surface area (Å²) >= 11 is 0. The Bertz CT molecular complexity index is 1800. The van der Waals surface area contributed by atoms with Crippen molar-refractivity contribution < 1.29 is 45.2 Å².